The first-order valence-electron chi connectivity index (χ1n) is 14.4. The van der Waals surface area contributed by atoms with E-state index in [0.717, 1.165) is 16.7 Å². The topological polar surface area (TPSA) is 184 Å². The number of carbonyl (C=O) groups excluding carboxylic acids is 2. The quantitative estimate of drug-likeness (QED) is 0.102. The summed E-state index contributed by atoms with van der Waals surface area (Å²) in [7, 11) is 1.74. The maximum absolute atomic E-state index is 12.9. The van der Waals surface area contributed by atoms with Crippen LogP contribution in [0.1, 0.15) is 16.7 Å². The highest BCUT2D eigenvalue weighted by Crippen LogP contribution is 2.42. The number of benzene rings is 3. The Balaban J connectivity index is 1.57. The molecule has 236 valence electrons. The molecule has 0 atom stereocenters. The lowest BCUT2D eigenvalue weighted by atomic mass is 9.77. The zero-order chi connectivity index (χ0) is 32.7. The van der Waals surface area contributed by atoms with Gasteiger partial charge >= 0.3 is 0 Å². The van der Waals surface area contributed by atoms with Crippen LogP contribution in [0.15, 0.2) is 107 Å². The van der Waals surface area contributed by atoms with Crippen molar-refractivity contribution >= 4 is 35.1 Å². The van der Waals surface area contributed by atoms with E-state index >= 15 is 0 Å². The summed E-state index contributed by atoms with van der Waals surface area (Å²) in [5.74, 6) is 0.499. The fourth-order valence-electron chi connectivity index (χ4n) is 5.49. The molecule has 0 aliphatic rings. The molecule has 2 amide bonds. The molecular weight excluding hydrogens is 590 g/mol. The Morgan fingerprint density at radius 1 is 0.761 bits per heavy atom. The molecule has 0 unspecified atom stereocenters. The lowest BCUT2D eigenvalue weighted by Gasteiger charge is -2.38. The minimum absolute atomic E-state index is 0.0134. The van der Waals surface area contributed by atoms with Gasteiger partial charge in [0.25, 0.3) is 10.9 Å². The van der Waals surface area contributed by atoms with E-state index in [-0.39, 0.29) is 37.6 Å². The van der Waals surface area contributed by atoms with E-state index in [4.69, 9.17) is 0 Å². The second-order valence-electron chi connectivity index (χ2n) is 10.4. The fraction of sp³-hybridized carbons (Fsp3) is 0.182. The van der Waals surface area contributed by atoms with E-state index < -0.39 is 28.6 Å². The third-order valence-corrected chi connectivity index (χ3v) is 7.63. The SMILES string of the molecule is Cn1ncc(Nc2c(N(CCNC(=O)[O-])CCNC(=O)[O-])c(=O)c2=O)c1NC(c1ccccc1)(c1ccccc1)c1ccccc1. The van der Waals surface area contributed by atoms with Crippen LogP contribution in [0.3, 0.4) is 0 Å². The Morgan fingerprint density at radius 2 is 1.22 bits per heavy atom. The van der Waals surface area contributed by atoms with Gasteiger partial charge in [0.05, 0.1) is 6.20 Å². The van der Waals surface area contributed by atoms with Gasteiger partial charge in [0.15, 0.2) is 0 Å². The number of hydrogen-bond donors (Lipinski definition) is 4. The Bertz CT molecular complexity index is 1750. The van der Waals surface area contributed by atoms with Crippen LogP contribution in [0.5, 0.6) is 0 Å². The van der Waals surface area contributed by atoms with Crippen molar-refractivity contribution in [2.75, 3.05) is 41.7 Å². The molecule has 1 heterocycles. The highest BCUT2D eigenvalue weighted by Gasteiger charge is 2.38. The summed E-state index contributed by atoms with van der Waals surface area (Å²) in [5, 5.41) is 37.3. The van der Waals surface area contributed by atoms with Crippen molar-refractivity contribution in [2.24, 2.45) is 7.05 Å². The van der Waals surface area contributed by atoms with Crippen LogP contribution < -0.4 is 47.2 Å². The lowest BCUT2D eigenvalue weighted by Crippen LogP contribution is -2.49. The molecule has 0 saturated carbocycles. The first-order chi connectivity index (χ1) is 22.2. The number of nitrogens with zero attached hydrogens (tertiary/aromatic N) is 3. The van der Waals surface area contributed by atoms with Gasteiger partial charge in [-0.25, -0.2) is 0 Å². The molecule has 0 aliphatic carbocycles. The van der Waals surface area contributed by atoms with Gasteiger partial charge in [0, 0.05) is 33.2 Å². The van der Waals surface area contributed by atoms with Gasteiger partial charge in [-0.15, -0.1) is 0 Å². The number of aromatic nitrogens is 2. The molecule has 5 aromatic rings. The Kier molecular flexibility index (Phi) is 9.31. The zero-order valence-corrected chi connectivity index (χ0v) is 24.9. The summed E-state index contributed by atoms with van der Waals surface area (Å²) < 4.78 is 1.61. The van der Waals surface area contributed by atoms with Crippen LogP contribution in [0, 0.1) is 0 Å². The van der Waals surface area contributed by atoms with Gasteiger partial charge in [-0.05, 0) is 16.7 Å². The molecule has 13 nitrogen and oxygen atoms in total. The third-order valence-electron chi connectivity index (χ3n) is 7.63. The lowest BCUT2D eigenvalue weighted by molar-refractivity contribution is -0.251. The van der Waals surface area contributed by atoms with E-state index in [1.54, 1.807) is 11.7 Å². The van der Waals surface area contributed by atoms with Gasteiger partial charge in [0.2, 0.25) is 0 Å². The summed E-state index contributed by atoms with van der Waals surface area (Å²) in [5.41, 5.74) is 0.635. The van der Waals surface area contributed by atoms with Crippen molar-refractivity contribution < 1.29 is 19.8 Å². The Hall–Kier alpha value is -6.11. The number of carboxylic acid groups (broad SMARTS) is 2. The molecule has 46 heavy (non-hydrogen) atoms. The average molecular weight is 622 g/mol. The Labute approximate surface area is 263 Å². The normalized spacial score (nSPS) is 11.2. The summed E-state index contributed by atoms with van der Waals surface area (Å²) >= 11 is 0. The number of amides is 2. The molecule has 4 N–H and O–H groups in total. The van der Waals surface area contributed by atoms with Crippen molar-refractivity contribution in [3.05, 3.63) is 134 Å². The minimum atomic E-state index is -1.51. The van der Waals surface area contributed by atoms with Gasteiger partial charge in [-0.3, -0.25) is 14.3 Å². The zero-order valence-electron chi connectivity index (χ0n) is 24.9. The predicted octanol–water partition coefficient (Wildman–Crippen LogP) is 0.836. The molecule has 13 heteroatoms. The van der Waals surface area contributed by atoms with Crippen LogP contribution >= 0.6 is 0 Å². The number of aryl methyl sites for hydroxylation is 1. The van der Waals surface area contributed by atoms with E-state index in [0.29, 0.717) is 11.5 Å². The number of rotatable bonds is 14. The number of nitrogens with one attached hydrogen (secondary N) is 4. The minimum Gasteiger partial charge on any atom is -0.530 e. The second-order valence-corrected chi connectivity index (χ2v) is 10.4. The van der Waals surface area contributed by atoms with Crippen molar-refractivity contribution in [3.63, 3.8) is 0 Å². The van der Waals surface area contributed by atoms with Crippen molar-refractivity contribution in [1.29, 1.82) is 0 Å². The molecule has 0 spiro atoms. The van der Waals surface area contributed by atoms with Gasteiger partial charge in [-0.2, -0.15) is 5.10 Å². The van der Waals surface area contributed by atoms with Crippen LogP contribution in [0.25, 0.3) is 0 Å². The fourth-order valence-corrected chi connectivity index (χ4v) is 5.49. The van der Waals surface area contributed by atoms with Crippen LogP contribution in [0.4, 0.5) is 32.5 Å². The maximum Gasteiger partial charge on any atom is 0.253 e. The van der Waals surface area contributed by atoms with Crippen LogP contribution in [-0.2, 0) is 12.6 Å². The van der Waals surface area contributed by atoms with Gasteiger partial charge in [-0.1, -0.05) is 91.0 Å². The predicted molar refractivity (Wildman–Crippen MR) is 170 cm³/mol. The highest BCUT2D eigenvalue weighted by molar-refractivity contribution is 5.83. The van der Waals surface area contributed by atoms with Crippen molar-refractivity contribution in [2.45, 2.75) is 5.54 Å². The number of hydrogen-bond acceptors (Lipinski definition) is 10. The van der Waals surface area contributed by atoms with Gasteiger partial charge in [0.1, 0.15) is 40.6 Å². The molecule has 4 aromatic carbocycles. The summed E-state index contributed by atoms with van der Waals surface area (Å²) in [6.07, 6.45) is -1.50. The first kappa shape index (κ1) is 31.3. The Morgan fingerprint density at radius 3 is 1.65 bits per heavy atom. The maximum atomic E-state index is 12.9. The molecule has 1 aromatic heterocycles. The second kappa shape index (κ2) is 13.7. The molecule has 5 rings (SSSR count). The monoisotopic (exact) mass is 621 g/mol. The molecular formula is C33H31N7O6-2. The molecule has 0 bridgehead atoms. The first-order valence-corrected chi connectivity index (χ1v) is 14.4. The summed E-state index contributed by atoms with van der Waals surface area (Å²) in [6.45, 7) is -0.363. The number of anilines is 4. The highest BCUT2D eigenvalue weighted by atomic mass is 16.4. The summed E-state index contributed by atoms with van der Waals surface area (Å²) in [4.78, 5) is 49.0. The number of carbonyl (C=O) groups is 2. The van der Waals surface area contributed by atoms with E-state index in [9.17, 15) is 29.4 Å². The van der Waals surface area contributed by atoms with Crippen molar-refractivity contribution in [3.8, 4) is 0 Å². The van der Waals surface area contributed by atoms with E-state index in [1.807, 2.05) is 91.0 Å². The van der Waals surface area contributed by atoms with Crippen LogP contribution in [0.2, 0.25) is 0 Å². The average Bonchev–Trinajstić information content (AvgIpc) is 3.41. The smallest absolute Gasteiger partial charge is 0.253 e. The van der Waals surface area contributed by atoms with E-state index in [2.05, 4.69) is 26.4 Å². The molecule has 0 radical (unpaired) electrons. The van der Waals surface area contributed by atoms with E-state index in [1.165, 1.54) is 11.1 Å². The molecule has 0 saturated heterocycles. The third kappa shape index (κ3) is 6.38. The summed E-state index contributed by atoms with van der Waals surface area (Å²) in [6, 6.07) is 29.6. The van der Waals surface area contributed by atoms with Crippen LogP contribution in [-0.4, -0.2) is 48.1 Å². The molecule has 0 aliphatic heterocycles. The standard InChI is InChI=1S/C33H33N7O6/c1-39-30(38-33(22-11-5-2-6-12-22,23-13-7-3-8-14-23)24-15-9-4-10-16-24)25(21-36-39)37-26-27(29(42)28(26)41)40(19-17-34-31(43)44)20-18-35-32(45)46/h2-16,21,34-35,37-38H,17-20H2,1H3,(H,43,44)(H,45,46)/p-2. The largest absolute Gasteiger partial charge is 0.530 e. The molecule has 0 fully saturated rings. The van der Waals surface area contributed by atoms with Gasteiger partial charge < -0.3 is 46.0 Å². The van der Waals surface area contributed by atoms with Crippen molar-refractivity contribution in [1.82, 2.24) is 20.4 Å².